The molecule has 0 radical (unpaired) electrons. The van der Waals surface area contributed by atoms with Crippen LogP contribution in [0.3, 0.4) is 0 Å². The first-order valence-electron chi connectivity index (χ1n) is 17.1. The number of ether oxygens (including phenoxy) is 2. The van der Waals surface area contributed by atoms with Gasteiger partial charge in [0, 0.05) is 25.2 Å². The number of carbonyl (C=O) groups is 3. The van der Waals surface area contributed by atoms with Crippen LogP contribution in [0.15, 0.2) is 12.2 Å². The Morgan fingerprint density at radius 2 is 1.44 bits per heavy atom. The van der Waals surface area contributed by atoms with E-state index in [2.05, 4.69) is 18.4 Å². The normalized spacial score (nSPS) is 20.0. The number of aliphatic hydroxyl groups excluding tert-OH is 2. The highest BCUT2D eigenvalue weighted by Crippen LogP contribution is 2.36. The Morgan fingerprint density at radius 1 is 0.867 bits per heavy atom. The molecule has 1 aliphatic carbocycles. The van der Waals surface area contributed by atoms with Crippen LogP contribution < -0.4 is 0 Å². The second kappa shape index (κ2) is 24.5. The monoisotopic (exact) mass is 662 g/mol. The van der Waals surface area contributed by atoms with Gasteiger partial charge in [0.25, 0.3) is 0 Å². The first-order chi connectivity index (χ1) is 21.5. The van der Waals surface area contributed by atoms with E-state index in [4.69, 9.17) is 19.3 Å². The molecule has 11 nitrogen and oxygen atoms in total. The van der Waals surface area contributed by atoms with Crippen molar-refractivity contribution in [3.63, 3.8) is 0 Å². The lowest BCUT2D eigenvalue weighted by Gasteiger charge is -2.19. The summed E-state index contributed by atoms with van der Waals surface area (Å²) in [6.45, 7) is 3.29. The number of rotatable bonds is 27. The van der Waals surface area contributed by atoms with E-state index in [-0.39, 0.29) is 43.5 Å². The predicted molar refractivity (Wildman–Crippen MR) is 171 cm³/mol. The van der Waals surface area contributed by atoms with Gasteiger partial charge in [0.15, 0.2) is 6.10 Å². The maximum absolute atomic E-state index is 12.4. The Hall–Kier alpha value is -1.62. The summed E-state index contributed by atoms with van der Waals surface area (Å²) in [5.74, 6) is -1.61. The third-order valence-electron chi connectivity index (χ3n) is 8.19. The average Bonchev–Trinajstić information content (AvgIpc) is 3.25. The molecule has 0 aromatic heterocycles. The molecule has 5 atom stereocenters. The minimum absolute atomic E-state index is 0.000218. The standard InChI is InChI=1S/C33H59O11P/c1-3-5-7-8-9-10-16-20-33(38)44-27(25-43-45(39,40)41)24-42-32(37)19-15-12-11-14-18-28-29(31(36)23-30(28)35)22-21-26(34)17-13-6-4-2/h21-22,26-30,34-35H,3-20,23-25H2,1-2H3,(H2,39,40,41)/b22-21+/t26-,27+,28+,29+,30-/m0/s1. The molecule has 262 valence electrons. The van der Waals surface area contributed by atoms with Gasteiger partial charge in [-0.15, -0.1) is 0 Å². The molecule has 45 heavy (non-hydrogen) atoms. The first-order valence-corrected chi connectivity index (χ1v) is 18.6. The fourth-order valence-electron chi connectivity index (χ4n) is 5.57. The maximum Gasteiger partial charge on any atom is 0.469 e. The summed E-state index contributed by atoms with van der Waals surface area (Å²) in [6.07, 6.45) is 15.9. The number of hydrogen-bond donors (Lipinski definition) is 4. The topological polar surface area (TPSA) is 177 Å². The molecule has 0 bridgehead atoms. The molecule has 0 amide bonds. The second-order valence-corrected chi connectivity index (χ2v) is 13.5. The Morgan fingerprint density at radius 3 is 2.09 bits per heavy atom. The van der Waals surface area contributed by atoms with E-state index in [0.717, 1.165) is 64.2 Å². The first kappa shape index (κ1) is 41.4. The zero-order chi connectivity index (χ0) is 33.5. The molecule has 1 saturated carbocycles. The van der Waals surface area contributed by atoms with Crippen LogP contribution in [0, 0.1) is 11.8 Å². The van der Waals surface area contributed by atoms with Crippen LogP contribution in [0.25, 0.3) is 0 Å². The Labute approximate surface area is 269 Å². The minimum atomic E-state index is -4.79. The molecule has 0 saturated heterocycles. The van der Waals surface area contributed by atoms with E-state index in [1.54, 1.807) is 12.2 Å². The number of phosphoric acid groups is 1. The van der Waals surface area contributed by atoms with Crippen LogP contribution >= 0.6 is 7.82 Å². The zero-order valence-corrected chi connectivity index (χ0v) is 28.4. The predicted octanol–water partition coefficient (Wildman–Crippen LogP) is 6.10. The number of esters is 2. The fraction of sp³-hybridized carbons (Fsp3) is 0.848. The van der Waals surface area contributed by atoms with Crippen molar-refractivity contribution >= 4 is 25.5 Å². The molecular formula is C33H59O11P. The fourth-order valence-corrected chi connectivity index (χ4v) is 5.93. The van der Waals surface area contributed by atoms with Crippen molar-refractivity contribution < 1.29 is 52.9 Å². The quantitative estimate of drug-likeness (QED) is 0.0346. The zero-order valence-electron chi connectivity index (χ0n) is 27.5. The van der Waals surface area contributed by atoms with E-state index < -0.39 is 44.7 Å². The summed E-state index contributed by atoms with van der Waals surface area (Å²) < 4.78 is 26.1. The maximum atomic E-state index is 12.4. The number of Topliss-reactive ketones (excluding diaryl/α,β-unsaturated/α-hetero) is 1. The number of carbonyl (C=O) groups excluding carboxylic acids is 3. The largest absolute Gasteiger partial charge is 0.469 e. The van der Waals surface area contributed by atoms with Crippen LogP contribution in [0.2, 0.25) is 0 Å². The summed E-state index contributed by atoms with van der Waals surface area (Å²) in [6, 6.07) is 0. The lowest BCUT2D eigenvalue weighted by molar-refractivity contribution is -0.161. The molecule has 4 N–H and O–H groups in total. The van der Waals surface area contributed by atoms with E-state index in [1.165, 1.54) is 12.8 Å². The molecule has 0 aromatic rings. The van der Waals surface area contributed by atoms with Crippen LogP contribution in [-0.2, 0) is 32.9 Å². The molecule has 0 aromatic carbocycles. The molecule has 0 unspecified atom stereocenters. The molecule has 0 aliphatic heterocycles. The van der Waals surface area contributed by atoms with Crippen LogP contribution in [0.1, 0.15) is 136 Å². The summed E-state index contributed by atoms with van der Waals surface area (Å²) in [5, 5.41) is 20.6. The van der Waals surface area contributed by atoms with Gasteiger partial charge < -0.3 is 29.5 Å². The van der Waals surface area contributed by atoms with E-state index >= 15 is 0 Å². The van der Waals surface area contributed by atoms with Gasteiger partial charge in [0.2, 0.25) is 0 Å². The number of unbranched alkanes of at least 4 members (excludes halogenated alkanes) is 11. The van der Waals surface area contributed by atoms with Gasteiger partial charge in [0.1, 0.15) is 12.4 Å². The molecule has 12 heteroatoms. The van der Waals surface area contributed by atoms with Crippen molar-refractivity contribution in [2.45, 2.75) is 154 Å². The highest BCUT2D eigenvalue weighted by molar-refractivity contribution is 7.46. The Kier molecular flexibility index (Phi) is 22.6. The minimum Gasteiger partial charge on any atom is -0.462 e. The van der Waals surface area contributed by atoms with E-state index in [1.807, 2.05) is 0 Å². The Balaban J connectivity index is 2.36. The smallest absolute Gasteiger partial charge is 0.462 e. The molecule has 1 rings (SSSR count). The van der Waals surface area contributed by atoms with Gasteiger partial charge in [-0.1, -0.05) is 103 Å². The number of allylic oxidation sites excluding steroid dienone is 1. The molecular weight excluding hydrogens is 603 g/mol. The average molecular weight is 663 g/mol. The van der Waals surface area contributed by atoms with Crippen molar-refractivity contribution in [3.8, 4) is 0 Å². The summed E-state index contributed by atoms with van der Waals surface area (Å²) >= 11 is 0. The van der Waals surface area contributed by atoms with Crippen LogP contribution in [0.5, 0.6) is 0 Å². The van der Waals surface area contributed by atoms with Crippen molar-refractivity contribution in [1.82, 2.24) is 0 Å². The highest BCUT2D eigenvalue weighted by atomic mass is 31.2. The van der Waals surface area contributed by atoms with Gasteiger partial charge in [0.05, 0.1) is 18.8 Å². The van der Waals surface area contributed by atoms with E-state index in [9.17, 15) is 29.2 Å². The third-order valence-corrected chi connectivity index (χ3v) is 8.68. The number of phosphoric ester groups is 1. The van der Waals surface area contributed by atoms with E-state index in [0.29, 0.717) is 25.7 Å². The number of aliphatic hydroxyl groups is 2. The van der Waals surface area contributed by atoms with Crippen molar-refractivity contribution in [2.24, 2.45) is 11.8 Å². The van der Waals surface area contributed by atoms with Crippen molar-refractivity contribution in [1.29, 1.82) is 0 Å². The Bertz CT molecular complexity index is 903. The summed E-state index contributed by atoms with van der Waals surface area (Å²) in [4.78, 5) is 55.0. The SMILES string of the molecule is CCCCCCCCCC(=O)O[C@H](COC(=O)CCCCCC[C@H]1[C@@H](O)CC(=O)[C@@H]1/C=C/[C@@H](O)CCCCC)COP(=O)(O)O. The number of ketones is 1. The highest BCUT2D eigenvalue weighted by Gasteiger charge is 2.39. The van der Waals surface area contributed by atoms with Gasteiger partial charge in [-0.3, -0.25) is 18.9 Å². The van der Waals surface area contributed by atoms with Gasteiger partial charge >= 0.3 is 19.8 Å². The lowest BCUT2D eigenvalue weighted by atomic mass is 9.88. The second-order valence-electron chi connectivity index (χ2n) is 12.3. The van der Waals surface area contributed by atoms with Crippen molar-refractivity contribution in [3.05, 3.63) is 12.2 Å². The molecule has 0 heterocycles. The van der Waals surface area contributed by atoms with Crippen LogP contribution in [0.4, 0.5) is 0 Å². The third kappa shape index (κ3) is 21.0. The lowest BCUT2D eigenvalue weighted by Crippen LogP contribution is -2.29. The van der Waals surface area contributed by atoms with Crippen molar-refractivity contribution in [2.75, 3.05) is 13.2 Å². The van der Waals surface area contributed by atoms with Gasteiger partial charge in [-0.05, 0) is 31.6 Å². The molecule has 1 aliphatic rings. The van der Waals surface area contributed by atoms with Crippen LogP contribution in [-0.4, -0.2) is 69.2 Å². The molecule has 1 fully saturated rings. The van der Waals surface area contributed by atoms with Gasteiger partial charge in [-0.25, -0.2) is 4.57 Å². The molecule has 0 spiro atoms. The summed E-state index contributed by atoms with van der Waals surface area (Å²) in [7, 11) is -4.79. The summed E-state index contributed by atoms with van der Waals surface area (Å²) in [5.41, 5.74) is 0. The van der Waals surface area contributed by atoms with Gasteiger partial charge in [-0.2, -0.15) is 0 Å². The number of hydrogen-bond acceptors (Lipinski definition) is 9.